The van der Waals surface area contributed by atoms with E-state index in [9.17, 15) is 9.59 Å². The van der Waals surface area contributed by atoms with Gasteiger partial charge in [-0.2, -0.15) is 0 Å². The molecule has 0 aromatic rings. The van der Waals surface area contributed by atoms with Crippen LogP contribution in [-0.2, 0) is 9.59 Å². The van der Waals surface area contributed by atoms with Gasteiger partial charge in [-0.15, -0.1) is 11.6 Å². The van der Waals surface area contributed by atoms with E-state index in [1.807, 2.05) is 0 Å². The van der Waals surface area contributed by atoms with Gasteiger partial charge in [-0.3, -0.25) is 9.59 Å². The Hall–Kier alpha value is -0.890. The SMILES string of the molecule is CC(=O)C12[C@@H]3C=C[C@H]4[C@@H]3[C@@H]3[C@@H]1C=C[C@@H]3C42C(=O)CCl. The second kappa shape index (κ2) is 2.76. The average Bonchev–Trinajstić information content (AvgIpc) is 3.15. The summed E-state index contributed by atoms with van der Waals surface area (Å²) in [6.07, 6.45) is 8.87. The van der Waals surface area contributed by atoms with Gasteiger partial charge in [0.2, 0.25) is 0 Å². The number of carbonyl (C=O) groups excluding carboxylic acids is 2. The molecule has 8 bridgehead atoms. The summed E-state index contributed by atoms with van der Waals surface area (Å²) in [6.45, 7) is 1.69. The molecule has 0 saturated heterocycles. The first kappa shape index (κ1) is 10.8. The summed E-state index contributed by atoms with van der Waals surface area (Å²) in [7, 11) is 0. The summed E-state index contributed by atoms with van der Waals surface area (Å²) in [5.74, 6) is 2.52. The van der Waals surface area contributed by atoms with E-state index < -0.39 is 10.8 Å². The van der Waals surface area contributed by atoms with Gasteiger partial charge in [0.15, 0.2) is 5.78 Å². The number of ketones is 2. The summed E-state index contributed by atoms with van der Waals surface area (Å²) in [4.78, 5) is 25.4. The van der Waals surface area contributed by atoms with Crippen LogP contribution in [0.4, 0.5) is 0 Å². The van der Waals surface area contributed by atoms with Crippen LogP contribution in [0.15, 0.2) is 24.3 Å². The van der Waals surface area contributed by atoms with Gasteiger partial charge in [0.05, 0.1) is 16.7 Å². The fourth-order valence-corrected chi connectivity index (χ4v) is 7.46. The molecule has 0 aliphatic heterocycles. The number of rotatable bonds is 3. The number of allylic oxidation sites excluding steroid dienone is 4. The third-order valence-electron chi connectivity index (χ3n) is 7.11. The number of Topliss-reactive ketones (excluding diaryl/α,β-unsaturated/α-hetero) is 2. The van der Waals surface area contributed by atoms with Crippen molar-refractivity contribution in [3.8, 4) is 0 Å². The van der Waals surface area contributed by atoms with Crippen molar-refractivity contribution in [2.75, 3.05) is 5.88 Å². The Balaban J connectivity index is 1.89. The Morgan fingerprint density at radius 3 is 1.74 bits per heavy atom. The third-order valence-corrected chi connectivity index (χ3v) is 7.35. The molecule has 19 heavy (non-hydrogen) atoms. The third kappa shape index (κ3) is 0.674. The predicted octanol–water partition coefficient (Wildman–Crippen LogP) is 2.23. The molecule has 6 aliphatic rings. The van der Waals surface area contributed by atoms with Crippen LogP contribution >= 0.6 is 11.6 Å². The molecule has 3 heteroatoms. The van der Waals surface area contributed by atoms with Crippen molar-refractivity contribution in [3.05, 3.63) is 24.3 Å². The van der Waals surface area contributed by atoms with E-state index in [1.54, 1.807) is 6.92 Å². The molecule has 4 fully saturated rings. The molecule has 4 saturated carbocycles. The Morgan fingerprint density at radius 1 is 0.947 bits per heavy atom. The molecule has 6 rings (SSSR count). The minimum Gasteiger partial charge on any atom is -0.299 e. The van der Waals surface area contributed by atoms with Crippen LogP contribution in [0.3, 0.4) is 0 Å². The monoisotopic (exact) mass is 274 g/mol. The molecule has 0 spiro atoms. The normalized spacial score (nSPS) is 60.7. The topological polar surface area (TPSA) is 34.1 Å². The highest BCUT2D eigenvalue weighted by Crippen LogP contribution is 2.89. The van der Waals surface area contributed by atoms with Gasteiger partial charge >= 0.3 is 0 Å². The number of hydrogen-bond acceptors (Lipinski definition) is 2. The maximum absolute atomic E-state index is 12.8. The summed E-state index contributed by atoms with van der Waals surface area (Å²) in [5.41, 5.74) is -0.943. The molecule has 0 aromatic heterocycles. The minimum atomic E-state index is -0.491. The fraction of sp³-hybridized carbons (Fsp3) is 0.625. The van der Waals surface area contributed by atoms with Gasteiger partial charge in [-0.25, -0.2) is 0 Å². The molecule has 98 valence electrons. The van der Waals surface area contributed by atoms with Crippen LogP contribution in [0.2, 0.25) is 0 Å². The molecule has 2 nitrogen and oxygen atoms in total. The van der Waals surface area contributed by atoms with E-state index in [1.165, 1.54) is 0 Å². The second-order valence-electron chi connectivity index (χ2n) is 6.88. The highest BCUT2D eigenvalue weighted by molar-refractivity contribution is 6.29. The number of halogens is 1. The fourth-order valence-electron chi connectivity index (χ4n) is 7.24. The zero-order chi connectivity index (χ0) is 13.2. The molecule has 6 aliphatic carbocycles. The Morgan fingerprint density at radius 2 is 1.37 bits per heavy atom. The lowest BCUT2D eigenvalue weighted by Crippen LogP contribution is -2.57. The zero-order valence-electron chi connectivity index (χ0n) is 10.7. The average molecular weight is 275 g/mol. The van der Waals surface area contributed by atoms with Gasteiger partial charge < -0.3 is 0 Å². The van der Waals surface area contributed by atoms with Crippen molar-refractivity contribution in [3.63, 3.8) is 0 Å². The summed E-state index contributed by atoms with van der Waals surface area (Å²) >= 11 is 5.93. The van der Waals surface area contributed by atoms with Crippen molar-refractivity contribution < 1.29 is 9.59 Å². The molecular formula is C16H15ClO2. The van der Waals surface area contributed by atoms with Gasteiger partial charge in [0.25, 0.3) is 0 Å². The first-order valence-corrected chi connectivity index (χ1v) is 7.63. The number of alkyl halides is 1. The van der Waals surface area contributed by atoms with E-state index in [2.05, 4.69) is 24.3 Å². The van der Waals surface area contributed by atoms with E-state index in [0.29, 0.717) is 23.7 Å². The molecule has 0 heterocycles. The zero-order valence-corrected chi connectivity index (χ0v) is 11.4. The second-order valence-corrected chi connectivity index (χ2v) is 7.15. The molecule has 0 amide bonds. The summed E-state index contributed by atoms with van der Waals surface area (Å²) < 4.78 is 0. The molecule has 2 unspecified atom stereocenters. The quantitative estimate of drug-likeness (QED) is 0.584. The maximum Gasteiger partial charge on any atom is 0.155 e. The molecule has 0 radical (unpaired) electrons. The first-order valence-electron chi connectivity index (χ1n) is 7.10. The standard InChI is InChI=1S/C16H15ClO2/c1-7(18)15-8-2-4-10-13(8)14-9(15)3-5-11(14)16(10,15)12(19)6-17/h2-5,8-11,13-14H,6H2,1H3/t8-,9+,10-,11-,13+,14+,15?,16?/m0/s1. The van der Waals surface area contributed by atoms with Crippen molar-refractivity contribution in [1.29, 1.82) is 0 Å². The predicted molar refractivity (Wildman–Crippen MR) is 70.5 cm³/mol. The molecule has 8 atom stereocenters. The van der Waals surface area contributed by atoms with Crippen LogP contribution in [0.25, 0.3) is 0 Å². The Kier molecular flexibility index (Phi) is 1.58. The highest BCUT2D eigenvalue weighted by atomic mass is 35.5. The van der Waals surface area contributed by atoms with Crippen LogP contribution in [0.1, 0.15) is 6.92 Å². The largest absolute Gasteiger partial charge is 0.299 e. The Labute approximate surface area is 116 Å². The van der Waals surface area contributed by atoms with Crippen molar-refractivity contribution in [2.24, 2.45) is 46.3 Å². The summed E-state index contributed by atoms with van der Waals surface area (Å²) in [6, 6.07) is 0. The highest BCUT2D eigenvalue weighted by Gasteiger charge is 2.91. The lowest BCUT2D eigenvalue weighted by atomic mass is 9.50. The van der Waals surface area contributed by atoms with Gasteiger partial charge in [-0.05, 0) is 42.4 Å². The minimum absolute atomic E-state index is 0.0442. The van der Waals surface area contributed by atoms with Crippen LogP contribution in [0, 0.1) is 46.3 Å². The number of hydrogen-bond donors (Lipinski definition) is 0. The molecular weight excluding hydrogens is 260 g/mol. The van der Waals surface area contributed by atoms with E-state index >= 15 is 0 Å². The van der Waals surface area contributed by atoms with Gasteiger partial charge in [0.1, 0.15) is 5.78 Å². The van der Waals surface area contributed by atoms with E-state index in [4.69, 9.17) is 11.6 Å². The smallest absolute Gasteiger partial charge is 0.155 e. The number of carbonyl (C=O) groups is 2. The lowest BCUT2D eigenvalue weighted by molar-refractivity contribution is -0.150. The van der Waals surface area contributed by atoms with Crippen molar-refractivity contribution >= 4 is 23.2 Å². The van der Waals surface area contributed by atoms with Crippen LogP contribution in [0.5, 0.6) is 0 Å². The molecule has 0 aromatic carbocycles. The maximum atomic E-state index is 12.8. The van der Waals surface area contributed by atoms with E-state index in [0.717, 1.165) is 0 Å². The summed E-state index contributed by atoms with van der Waals surface area (Å²) in [5, 5.41) is 0. The Bertz CT molecular complexity index is 570. The van der Waals surface area contributed by atoms with Crippen LogP contribution in [-0.4, -0.2) is 17.4 Å². The lowest BCUT2D eigenvalue weighted by Gasteiger charge is -2.50. The van der Waals surface area contributed by atoms with Crippen molar-refractivity contribution in [2.45, 2.75) is 6.92 Å². The first-order chi connectivity index (χ1) is 9.13. The van der Waals surface area contributed by atoms with E-state index in [-0.39, 0.29) is 29.3 Å². The van der Waals surface area contributed by atoms with Gasteiger partial charge in [0, 0.05) is 0 Å². The van der Waals surface area contributed by atoms with Gasteiger partial charge in [-0.1, -0.05) is 24.3 Å². The molecule has 0 N–H and O–H groups in total. The van der Waals surface area contributed by atoms with Crippen molar-refractivity contribution in [1.82, 2.24) is 0 Å². The van der Waals surface area contributed by atoms with Crippen LogP contribution < -0.4 is 0 Å².